The first-order valence-corrected chi connectivity index (χ1v) is 9.37. The van der Waals surface area contributed by atoms with Crippen molar-refractivity contribution < 1.29 is 23.5 Å². The number of halogens is 1. The van der Waals surface area contributed by atoms with Crippen LogP contribution < -0.4 is 10.1 Å². The largest absolute Gasteiger partial charge is 0.497 e. The summed E-state index contributed by atoms with van der Waals surface area (Å²) < 4.78 is 23.7. The van der Waals surface area contributed by atoms with Gasteiger partial charge >= 0.3 is 5.97 Å². The monoisotopic (exact) mass is 385 g/mol. The molecule has 5 nitrogen and oxygen atoms in total. The Kier molecular flexibility index (Phi) is 6.29. The lowest BCUT2D eigenvalue weighted by Crippen LogP contribution is -2.44. The highest BCUT2D eigenvalue weighted by Crippen LogP contribution is 2.47. The van der Waals surface area contributed by atoms with Crippen molar-refractivity contribution in [3.8, 4) is 5.75 Å². The highest BCUT2D eigenvalue weighted by molar-refractivity contribution is 5.88. The van der Waals surface area contributed by atoms with E-state index >= 15 is 0 Å². The molecule has 1 saturated carbocycles. The van der Waals surface area contributed by atoms with Crippen LogP contribution in [0.4, 0.5) is 4.39 Å². The van der Waals surface area contributed by atoms with Gasteiger partial charge in [0.15, 0.2) is 0 Å². The minimum absolute atomic E-state index is 0.128. The average molecular weight is 385 g/mol. The van der Waals surface area contributed by atoms with Crippen molar-refractivity contribution in [1.82, 2.24) is 5.32 Å². The third-order valence-corrected chi connectivity index (χ3v) is 4.89. The number of ether oxygens (including phenoxy) is 2. The maximum absolute atomic E-state index is 13.4. The molecule has 0 heterocycles. The first-order valence-electron chi connectivity index (χ1n) is 9.37. The first-order chi connectivity index (χ1) is 13.5. The van der Waals surface area contributed by atoms with Crippen LogP contribution in [0.3, 0.4) is 0 Å². The van der Waals surface area contributed by atoms with Crippen molar-refractivity contribution in [2.45, 2.75) is 31.7 Å². The molecule has 1 aliphatic rings. The number of nitrogens with one attached hydrogen (secondary N) is 1. The molecule has 6 heteroatoms. The number of hydrogen-bond acceptors (Lipinski definition) is 4. The Labute approximate surface area is 163 Å². The van der Waals surface area contributed by atoms with Crippen LogP contribution >= 0.6 is 0 Å². The molecule has 2 aromatic rings. The summed E-state index contributed by atoms with van der Waals surface area (Å²) in [6.45, 7) is 1.92. The summed E-state index contributed by atoms with van der Waals surface area (Å²) in [4.78, 5) is 25.0. The van der Waals surface area contributed by atoms with Gasteiger partial charge in [0.1, 0.15) is 17.6 Å². The summed E-state index contributed by atoms with van der Waals surface area (Å²) in [5.41, 5.74) is 1.69. The van der Waals surface area contributed by atoms with Crippen molar-refractivity contribution in [1.29, 1.82) is 0 Å². The first kappa shape index (κ1) is 19.9. The Hall–Kier alpha value is -2.89. The molecule has 0 radical (unpaired) electrons. The number of esters is 1. The van der Waals surface area contributed by atoms with Crippen LogP contribution in [-0.4, -0.2) is 31.6 Å². The molecule has 0 spiro atoms. The van der Waals surface area contributed by atoms with E-state index in [-0.39, 0.29) is 36.6 Å². The van der Waals surface area contributed by atoms with Gasteiger partial charge in [0.25, 0.3) is 0 Å². The summed E-state index contributed by atoms with van der Waals surface area (Å²) in [6, 6.07) is 12.8. The molecule has 2 aromatic carbocycles. The second kappa shape index (κ2) is 8.87. The second-order valence-corrected chi connectivity index (χ2v) is 6.87. The fourth-order valence-corrected chi connectivity index (χ4v) is 3.32. The van der Waals surface area contributed by atoms with Crippen LogP contribution in [0.1, 0.15) is 30.4 Å². The molecule has 3 unspecified atom stereocenters. The molecule has 1 aliphatic carbocycles. The van der Waals surface area contributed by atoms with E-state index in [1.165, 1.54) is 12.1 Å². The Morgan fingerprint density at radius 2 is 1.96 bits per heavy atom. The van der Waals surface area contributed by atoms with Crippen molar-refractivity contribution >= 4 is 11.9 Å². The Bertz CT molecular complexity index is 837. The van der Waals surface area contributed by atoms with E-state index in [1.807, 2.05) is 24.3 Å². The van der Waals surface area contributed by atoms with Crippen LogP contribution in [0.25, 0.3) is 0 Å². The fourth-order valence-electron chi connectivity index (χ4n) is 3.32. The van der Waals surface area contributed by atoms with Gasteiger partial charge in [-0.2, -0.15) is 0 Å². The van der Waals surface area contributed by atoms with Crippen molar-refractivity contribution in [2.24, 2.45) is 5.92 Å². The van der Waals surface area contributed by atoms with Gasteiger partial charge < -0.3 is 14.8 Å². The van der Waals surface area contributed by atoms with Gasteiger partial charge in [-0.3, -0.25) is 4.79 Å². The number of carbonyl (C=O) groups excluding carboxylic acids is 2. The molecule has 0 saturated heterocycles. The predicted molar refractivity (Wildman–Crippen MR) is 103 cm³/mol. The minimum atomic E-state index is -0.841. The van der Waals surface area contributed by atoms with E-state index in [4.69, 9.17) is 9.47 Å². The Morgan fingerprint density at radius 1 is 1.21 bits per heavy atom. The van der Waals surface area contributed by atoms with Crippen molar-refractivity contribution in [2.75, 3.05) is 13.7 Å². The van der Waals surface area contributed by atoms with Gasteiger partial charge in [0.2, 0.25) is 5.91 Å². The molecule has 1 N–H and O–H groups in total. The molecule has 0 aromatic heterocycles. The molecule has 1 fully saturated rings. The number of benzene rings is 2. The maximum atomic E-state index is 13.4. The highest BCUT2D eigenvalue weighted by Gasteiger charge is 2.44. The third kappa shape index (κ3) is 4.88. The lowest BCUT2D eigenvalue weighted by Gasteiger charge is -2.17. The molecule has 28 heavy (non-hydrogen) atoms. The lowest BCUT2D eigenvalue weighted by molar-refractivity contribution is -0.147. The summed E-state index contributed by atoms with van der Waals surface area (Å²) >= 11 is 0. The number of hydrogen-bond donors (Lipinski definition) is 1. The zero-order valence-electron chi connectivity index (χ0n) is 16.0. The summed E-state index contributed by atoms with van der Waals surface area (Å²) in [7, 11) is 1.61. The number of rotatable bonds is 8. The third-order valence-electron chi connectivity index (χ3n) is 4.89. The van der Waals surface area contributed by atoms with E-state index in [2.05, 4.69) is 5.32 Å². The molecular weight excluding hydrogens is 361 g/mol. The molecular formula is C22H24FNO4. The quantitative estimate of drug-likeness (QED) is 0.709. The number of carbonyl (C=O) groups is 2. The standard InChI is InChI=1S/C22H24FNO4/c1-3-28-22(26)20(12-14-5-4-6-16(23)11-14)24-21(25)19-13-18(19)15-7-9-17(27-2)10-8-15/h4-11,18-20H,3,12-13H2,1-2H3,(H,24,25). The second-order valence-electron chi connectivity index (χ2n) is 6.87. The van der Waals surface area contributed by atoms with E-state index < -0.39 is 12.0 Å². The minimum Gasteiger partial charge on any atom is -0.497 e. The SMILES string of the molecule is CCOC(=O)C(Cc1cccc(F)c1)NC(=O)C1CC1c1ccc(OC)cc1. The molecule has 0 bridgehead atoms. The van der Waals surface area contributed by atoms with Gasteiger partial charge in [0.05, 0.1) is 13.7 Å². The molecule has 3 rings (SSSR count). The number of amides is 1. The van der Waals surface area contributed by atoms with Gasteiger partial charge in [-0.15, -0.1) is 0 Å². The van der Waals surface area contributed by atoms with E-state index in [0.29, 0.717) is 5.56 Å². The molecule has 148 valence electrons. The fraction of sp³-hybridized carbons (Fsp3) is 0.364. The molecule has 0 aliphatic heterocycles. The van der Waals surface area contributed by atoms with Crippen LogP contribution in [0.15, 0.2) is 48.5 Å². The smallest absolute Gasteiger partial charge is 0.328 e. The Morgan fingerprint density at radius 3 is 2.61 bits per heavy atom. The molecule has 1 amide bonds. The maximum Gasteiger partial charge on any atom is 0.328 e. The van der Waals surface area contributed by atoms with E-state index in [1.54, 1.807) is 26.2 Å². The van der Waals surface area contributed by atoms with E-state index in [0.717, 1.165) is 17.7 Å². The van der Waals surface area contributed by atoms with Crippen molar-refractivity contribution in [3.05, 3.63) is 65.5 Å². The van der Waals surface area contributed by atoms with Crippen LogP contribution in [0.2, 0.25) is 0 Å². The summed E-state index contributed by atoms with van der Waals surface area (Å²) in [5, 5.41) is 2.79. The summed E-state index contributed by atoms with van der Waals surface area (Å²) in [5.74, 6) is -0.367. The zero-order chi connectivity index (χ0) is 20.1. The number of methoxy groups -OCH3 is 1. The van der Waals surface area contributed by atoms with Crippen LogP contribution in [0, 0.1) is 11.7 Å². The Balaban J connectivity index is 1.64. The van der Waals surface area contributed by atoms with Gasteiger partial charge in [-0.1, -0.05) is 24.3 Å². The van der Waals surface area contributed by atoms with Gasteiger partial charge in [-0.25, -0.2) is 9.18 Å². The lowest BCUT2D eigenvalue weighted by atomic mass is 10.0. The normalized spacial score (nSPS) is 18.8. The average Bonchev–Trinajstić information content (AvgIpc) is 3.49. The summed E-state index contributed by atoms with van der Waals surface area (Å²) in [6.07, 6.45) is 0.913. The van der Waals surface area contributed by atoms with Crippen molar-refractivity contribution in [3.63, 3.8) is 0 Å². The van der Waals surface area contributed by atoms with Crippen LogP contribution in [-0.2, 0) is 20.7 Å². The van der Waals surface area contributed by atoms with Gasteiger partial charge in [0, 0.05) is 12.3 Å². The predicted octanol–water partition coefficient (Wildman–Crippen LogP) is 3.23. The zero-order valence-corrected chi connectivity index (χ0v) is 16.0. The highest BCUT2D eigenvalue weighted by atomic mass is 19.1. The van der Waals surface area contributed by atoms with Gasteiger partial charge in [-0.05, 0) is 54.7 Å². The molecule has 3 atom stereocenters. The van der Waals surface area contributed by atoms with E-state index in [9.17, 15) is 14.0 Å². The topological polar surface area (TPSA) is 64.6 Å². The van der Waals surface area contributed by atoms with Crippen LogP contribution in [0.5, 0.6) is 5.75 Å².